The second-order valence-electron chi connectivity index (χ2n) is 2.45. The van der Waals surface area contributed by atoms with Crippen molar-refractivity contribution in [2.45, 2.75) is 0 Å². The fourth-order valence-electron chi connectivity index (χ4n) is 0.987. The van der Waals surface area contributed by atoms with Gasteiger partial charge >= 0.3 is 0 Å². The van der Waals surface area contributed by atoms with E-state index in [4.69, 9.17) is 0 Å². The fourth-order valence-corrected chi connectivity index (χ4v) is 2.08. The molecule has 0 bridgehead atoms. The van der Waals surface area contributed by atoms with Crippen molar-refractivity contribution in [2.75, 3.05) is 4.72 Å². The number of aliphatic imine (C=N–C) groups is 1. The van der Waals surface area contributed by atoms with Gasteiger partial charge in [0.25, 0.3) is 0 Å². The zero-order valence-electron chi connectivity index (χ0n) is 6.51. The highest BCUT2D eigenvalue weighted by atomic mass is 32.2. The molecule has 0 aliphatic carbocycles. The van der Waals surface area contributed by atoms with E-state index in [2.05, 4.69) is 27.3 Å². The second kappa shape index (κ2) is 3.45. The van der Waals surface area contributed by atoms with E-state index in [1.807, 2.05) is 29.9 Å². The van der Waals surface area contributed by atoms with Crippen LogP contribution in [0, 0.1) is 0 Å². The van der Waals surface area contributed by atoms with E-state index in [1.165, 1.54) is 0 Å². The molecule has 62 valence electrons. The summed E-state index contributed by atoms with van der Waals surface area (Å²) < 4.78 is 3.37. The SMILES string of the molecule is C1=C[SH](Nc2ccccc2)C=N1. The molecule has 1 heterocycles. The van der Waals surface area contributed by atoms with E-state index in [0.717, 1.165) is 5.69 Å². The van der Waals surface area contributed by atoms with Crippen LogP contribution >= 0.6 is 11.1 Å². The van der Waals surface area contributed by atoms with Crippen molar-refractivity contribution in [1.29, 1.82) is 0 Å². The van der Waals surface area contributed by atoms with E-state index >= 15 is 0 Å². The van der Waals surface area contributed by atoms with Gasteiger partial charge in [0, 0.05) is 11.9 Å². The molecular weight excluding hydrogens is 168 g/mol. The summed E-state index contributed by atoms with van der Waals surface area (Å²) in [6.45, 7) is 0. The Morgan fingerprint density at radius 3 is 2.67 bits per heavy atom. The Morgan fingerprint density at radius 2 is 2.00 bits per heavy atom. The van der Waals surface area contributed by atoms with Gasteiger partial charge in [-0.15, -0.1) is 11.1 Å². The monoisotopic (exact) mass is 178 g/mol. The zero-order valence-corrected chi connectivity index (χ0v) is 7.41. The van der Waals surface area contributed by atoms with Crippen LogP contribution in [0.2, 0.25) is 0 Å². The van der Waals surface area contributed by atoms with Gasteiger partial charge in [-0.3, -0.25) is 4.99 Å². The molecule has 2 rings (SSSR count). The summed E-state index contributed by atoms with van der Waals surface area (Å²) in [5.41, 5.74) is 3.10. The highest BCUT2D eigenvalue weighted by molar-refractivity contribution is 8.32. The summed E-state index contributed by atoms with van der Waals surface area (Å²) in [6.07, 6.45) is 1.83. The van der Waals surface area contributed by atoms with Crippen molar-refractivity contribution >= 4 is 22.3 Å². The summed E-state index contributed by atoms with van der Waals surface area (Å²) in [4.78, 5) is 4.02. The van der Waals surface area contributed by atoms with Crippen LogP contribution in [-0.4, -0.2) is 5.55 Å². The highest BCUT2D eigenvalue weighted by Crippen LogP contribution is 2.28. The molecule has 0 amide bonds. The van der Waals surface area contributed by atoms with E-state index in [-0.39, 0.29) is 11.1 Å². The van der Waals surface area contributed by atoms with Crippen molar-refractivity contribution in [1.82, 2.24) is 0 Å². The molecule has 2 nitrogen and oxygen atoms in total. The van der Waals surface area contributed by atoms with E-state index < -0.39 is 0 Å². The van der Waals surface area contributed by atoms with Gasteiger partial charge in [0.15, 0.2) is 0 Å². The number of nitrogens with one attached hydrogen (secondary N) is 1. The van der Waals surface area contributed by atoms with Crippen molar-refractivity contribution in [3.05, 3.63) is 41.9 Å². The number of nitrogens with zero attached hydrogens (tertiary/aromatic N) is 1. The maximum atomic E-state index is 4.02. The van der Waals surface area contributed by atoms with Gasteiger partial charge in [0.05, 0.1) is 5.55 Å². The van der Waals surface area contributed by atoms with Crippen LogP contribution in [0.1, 0.15) is 0 Å². The molecule has 1 N–H and O–H groups in total. The van der Waals surface area contributed by atoms with E-state index in [9.17, 15) is 0 Å². The first-order chi connectivity index (χ1) is 5.95. The van der Waals surface area contributed by atoms with Gasteiger partial charge in [-0.25, -0.2) is 0 Å². The average molecular weight is 178 g/mol. The third-order valence-electron chi connectivity index (χ3n) is 1.54. The highest BCUT2D eigenvalue weighted by Gasteiger charge is 1.98. The van der Waals surface area contributed by atoms with E-state index in [0.29, 0.717) is 0 Å². The Balaban J connectivity index is 2.04. The molecule has 0 saturated heterocycles. The zero-order chi connectivity index (χ0) is 8.23. The summed E-state index contributed by atoms with van der Waals surface area (Å²) in [5, 5.41) is 2.09. The smallest absolute Gasteiger partial charge is 0.0602 e. The molecule has 0 spiro atoms. The minimum absolute atomic E-state index is 0.344. The Bertz CT molecular complexity index is 294. The number of anilines is 1. The van der Waals surface area contributed by atoms with Crippen LogP contribution in [0.25, 0.3) is 0 Å². The number of para-hydroxylation sites is 1. The third-order valence-corrected chi connectivity index (χ3v) is 2.89. The number of benzene rings is 1. The van der Waals surface area contributed by atoms with Crippen LogP contribution in [0.5, 0.6) is 0 Å². The van der Waals surface area contributed by atoms with Gasteiger partial charge in [-0.1, -0.05) is 18.2 Å². The fraction of sp³-hybridized carbons (Fsp3) is 0. The molecule has 1 aromatic carbocycles. The van der Waals surface area contributed by atoms with Gasteiger partial charge in [-0.2, -0.15) is 0 Å². The van der Waals surface area contributed by atoms with Crippen LogP contribution in [0.3, 0.4) is 0 Å². The molecule has 3 heteroatoms. The molecule has 0 aromatic heterocycles. The summed E-state index contributed by atoms with van der Waals surface area (Å²) in [7, 11) is 0. The van der Waals surface area contributed by atoms with Gasteiger partial charge in [0.1, 0.15) is 0 Å². The lowest BCUT2D eigenvalue weighted by molar-refractivity contribution is 1.65. The lowest BCUT2D eigenvalue weighted by atomic mass is 10.3. The van der Waals surface area contributed by atoms with Crippen molar-refractivity contribution in [2.24, 2.45) is 4.99 Å². The average Bonchev–Trinajstić information content (AvgIpc) is 2.59. The molecule has 0 fully saturated rings. The van der Waals surface area contributed by atoms with Crippen LogP contribution in [0.15, 0.2) is 46.9 Å². The topological polar surface area (TPSA) is 24.4 Å². The van der Waals surface area contributed by atoms with Crippen LogP contribution in [-0.2, 0) is 0 Å². The first kappa shape index (κ1) is 7.43. The van der Waals surface area contributed by atoms with Crippen LogP contribution in [0.4, 0.5) is 5.69 Å². The number of thiol groups is 1. The van der Waals surface area contributed by atoms with Gasteiger partial charge < -0.3 is 4.72 Å². The first-order valence-corrected chi connectivity index (χ1v) is 5.23. The summed E-state index contributed by atoms with van der Waals surface area (Å²) in [6, 6.07) is 10.2. The summed E-state index contributed by atoms with van der Waals surface area (Å²) in [5.74, 6) is 0. The Morgan fingerprint density at radius 1 is 1.17 bits per heavy atom. The quantitative estimate of drug-likeness (QED) is 0.668. The predicted molar refractivity (Wildman–Crippen MR) is 56.7 cm³/mol. The number of rotatable bonds is 2. The van der Waals surface area contributed by atoms with Crippen LogP contribution < -0.4 is 4.72 Å². The second-order valence-corrected chi connectivity index (χ2v) is 4.02. The lowest BCUT2D eigenvalue weighted by Gasteiger charge is -2.11. The third kappa shape index (κ3) is 1.68. The molecule has 0 saturated carbocycles. The lowest BCUT2D eigenvalue weighted by Crippen LogP contribution is -1.91. The molecule has 1 unspecified atom stereocenters. The standard InChI is InChI=1S/C9H10N2S/c1-2-4-9(5-3-1)11-12-7-6-10-8-12/h1-8,11-12H. The molecular formula is C9H10N2S. The molecule has 1 atom stereocenters. The Hall–Kier alpha value is -1.22. The van der Waals surface area contributed by atoms with Crippen molar-refractivity contribution in [3.8, 4) is 0 Å². The molecule has 1 aliphatic rings. The number of hydrogen-bond acceptors (Lipinski definition) is 2. The molecule has 12 heavy (non-hydrogen) atoms. The normalized spacial score (nSPS) is 22.8. The summed E-state index contributed by atoms with van der Waals surface area (Å²) >= 11 is -0.344. The maximum absolute atomic E-state index is 4.02. The molecule has 0 radical (unpaired) electrons. The molecule has 1 aliphatic heterocycles. The molecule has 1 aromatic rings. The minimum atomic E-state index is -0.344. The van der Waals surface area contributed by atoms with Crippen molar-refractivity contribution in [3.63, 3.8) is 0 Å². The number of hydrogen-bond donors (Lipinski definition) is 2. The van der Waals surface area contributed by atoms with E-state index in [1.54, 1.807) is 0 Å². The first-order valence-electron chi connectivity index (χ1n) is 3.75. The van der Waals surface area contributed by atoms with Gasteiger partial charge in [-0.05, 0) is 17.5 Å². The predicted octanol–water partition coefficient (Wildman–Crippen LogP) is 2.53. The Labute approximate surface area is 74.5 Å². The Kier molecular flexibility index (Phi) is 2.14. The minimum Gasteiger partial charge on any atom is -0.341 e. The maximum Gasteiger partial charge on any atom is 0.0602 e. The van der Waals surface area contributed by atoms with Crippen molar-refractivity contribution < 1.29 is 0 Å². The largest absolute Gasteiger partial charge is 0.341 e. The van der Waals surface area contributed by atoms with Gasteiger partial charge in [0.2, 0.25) is 0 Å².